The fourth-order valence-corrected chi connectivity index (χ4v) is 5.28. The number of aromatic nitrogens is 2. The number of hydrogen-bond acceptors (Lipinski definition) is 6. The predicted octanol–water partition coefficient (Wildman–Crippen LogP) is 3.84. The van der Waals surface area contributed by atoms with Crippen LogP contribution in [0, 0.1) is 0 Å². The number of rotatable bonds is 8. The van der Waals surface area contributed by atoms with Crippen LogP contribution in [0.2, 0.25) is 0 Å². The third-order valence-electron chi connectivity index (χ3n) is 7.19. The van der Waals surface area contributed by atoms with Crippen molar-refractivity contribution in [3.05, 3.63) is 83.6 Å². The van der Waals surface area contributed by atoms with Gasteiger partial charge in [0.15, 0.2) is 0 Å². The largest absolute Gasteiger partial charge is 0.421 e. The van der Waals surface area contributed by atoms with E-state index >= 15 is 0 Å². The van der Waals surface area contributed by atoms with Gasteiger partial charge in [-0.25, -0.2) is 0 Å². The average Bonchev–Trinajstić information content (AvgIpc) is 3.41. The summed E-state index contributed by atoms with van der Waals surface area (Å²) in [7, 11) is 0. The van der Waals surface area contributed by atoms with E-state index in [4.69, 9.17) is 4.42 Å². The molecule has 1 aromatic heterocycles. The Morgan fingerprint density at radius 3 is 2.50 bits per heavy atom. The Labute approximate surface area is 211 Å². The quantitative estimate of drug-likeness (QED) is 0.486. The third kappa shape index (κ3) is 4.91. The van der Waals surface area contributed by atoms with Crippen molar-refractivity contribution in [2.24, 2.45) is 0 Å². The number of piperazine rings is 1. The minimum atomic E-state index is -0.615. The van der Waals surface area contributed by atoms with Crippen LogP contribution in [0.25, 0.3) is 0 Å². The highest BCUT2D eigenvalue weighted by atomic mass is 16.4. The van der Waals surface area contributed by atoms with Crippen LogP contribution in [0.5, 0.6) is 0 Å². The number of carbonyl (C=O) groups excluding carboxylic acids is 2. The lowest BCUT2D eigenvalue weighted by atomic mass is 9.85. The molecule has 2 saturated heterocycles. The normalized spacial score (nSPS) is 21.6. The lowest BCUT2D eigenvalue weighted by molar-refractivity contribution is -0.157. The highest BCUT2D eigenvalue weighted by molar-refractivity contribution is 6.35. The monoisotopic (exact) mass is 487 g/mol. The molecule has 3 heterocycles. The van der Waals surface area contributed by atoms with Crippen LogP contribution in [-0.4, -0.2) is 58.0 Å². The van der Waals surface area contributed by atoms with Gasteiger partial charge in [0.05, 0.1) is 6.04 Å². The van der Waals surface area contributed by atoms with Crippen molar-refractivity contribution in [1.82, 2.24) is 25.3 Å². The molecule has 0 aliphatic carbocycles. The summed E-state index contributed by atoms with van der Waals surface area (Å²) in [5, 5.41) is 12.4. The van der Waals surface area contributed by atoms with Crippen LogP contribution in [0.1, 0.15) is 73.5 Å². The van der Waals surface area contributed by atoms with Crippen LogP contribution in [-0.2, 0) is 9.59 Å². The molecule has 0 saturated carbocycles. The fourth-order valence-electron chi connectivity index (χ4n) is 5.28. The lowest BCUT2D eigenvalue weighted by Crippen LogP contribution is -2.55. The molecule has 3 unspecified atom stereocenters. The van der Waals surface area contributed by atoms with Crippen molar-refractivity contribution in [2.75, 3.05) is 26.2 Å². The van der Waals surface area contributed by atoms with E-state index < -0.39 is 17.9 Å². The number of nitrogens with one attached hydrogen (secondary N) is 1. The first-order valence-corrected chi connectivity index (χ1v) is 12.9. The molecule has 8 heteroatoms. The van der Waals surface area contributed by atoms with Crippen molar-refractivity contribution in [1.29, 1.82) is 0 Å². The van der Waals surface area contributed by atoms with E-state index in [9.17, 15) is 9.59 Å². The van der Waals surface area contributed by atoms with Crippen LogP contribution in [0.4, 0.5) is 0 Å². The topological polar surface area (TPSA) is 91.6 Å². The van der Waals surface area contributed by atoms with Crippen LogP contribution in [0.15, 0.2) is 65.1 Å². The number of benzene rings is 2. The zero-order valence-corrected chi connectivity index (χ0v) is 20.7. The molecule has 5 rings (SSSR count). The molecule has 188 valence electrons. The number of carbonyl (C=O) groups is 2. The van der Waals surface area contributed by atoms with Gasteiger partial charge in [-0.1, -0.05) is 74.0 Å². The molecular weight excluding hydrogens is 454 g/mol. The van der Waals surface area contributed by atoms with Gasteiger partial charge in [0.1, 0.15) is 6.04 Å². The molecular formula is C28H33N5O3. The molecule has 0 bridgehead atoms. The van der Waals surface area contributed by atoms with Crippen molar-refractivity contribution in [2.45, 2.75) is 50.6 Å². The van der Waals surface area contributed by atoms with Gasteiger partial charge in [-0.05, 0) is 36.9 Å². The highest BCUT2D eigenvalue weighted by Crippen LogP contribution is 2.38. The molecule has 3 aromatic rings. The number of piperidine rings is 1. The second-order valence-corrected chi connectivity index (χ2v) is 9.53. The van der Waals surface area contributed by atoms with Crippen LogP contribution >= 0.6 is 0 Å². The summed E-state index contributed by atoms with van der Waals surface area (Å²) < 4.78 is 6.32. The molecule has 36 heavy (non-hydrogen) atoms. The second kappa shape index (κ2) is 11.0. The summed E-state index contributed by atoms with van der Waals surface area (Å²) in [4.78, 5) is 29.4. The van der Waals surface area contributed by atoms with E-state index in [1.54, 1.807) is 9.80 Å². The van der Waals surface area contributed by atoms with Crippen molar-refractivity contribution in [3.8, 4) is 0 Å². The molecule has 2 aliphatic heterocycles. The fraction of sp³-hybridized carbons (Fsp3) is 0.429. The molecule has 2 aromatic carbocycles. The average molecular weight is 488 g/mol. The number of nitrogens with zero attached hydrogens (tertiary/aromatic N) is 4. The molecule has 0 radical (unpaired) electrons. The molecule has 0 spiro atoms. The standard InChI is InChI=1S/C28H33N5O3/c1-2-3-17-32-18-19-33(28(35)27(32)34)24(21-13-8-5-9-14-21)26-31-30-25(36-26)23-22(15-10-16-29-23)20-11-6-4-7-12-20/h4-9,11-14,22-24,29H,2-3,10,15-19H2,1H3. The summed E-state index contributed by atoms with van der Waals surface area (Å²) >= 11 is 0. The van der Waals surface area contributed by atoms with Crippen LogP contribution in [0.3, 0.4) is 0 Å². The van der Waals surface area contributed by atoms with Crippen molar-refractivity contribution in [3.63, 3.8) is 0 Å². The summed E-state index contributed by atoms with van der Waals surface area (Å²) in [6, 6.07) is 19.3. The number of hydrogen-bond donors (Lipinski definition) is 1. The van der Waals surface area contributed by atoms with E-state index in [2.05, 4.69) is 46.7 Å². The number of amides is 2. The van der Waals surface area contributed by atoms with Gasteiger partial charge in [-0.2, -0.15) is 0 Å². The summed E-state index contributed by atoms with van der Waals surface area (Å²) in [6.45, 7) is 4.46. The van der Waals surface area contributed by atoms with Gasteiger partial charge in [0.2, 0.25) is 11.8 Å². The molecule has 2 aliphatic rings. The molecule has 3 atom stereocenters. The Hall–Kier alpha value is -3.52. The minimum Gasteiger partial charge on any atom is -0.421 e. The Morgan fingerprint density at radius 2 is 1.75 bits per heavy atom. The van der Waals surface area contributed by atoms with Gasteiger partial charge in [-0.15, -0.1) is 10.2 Å². The SMILES string of the molecule is CCCCN1CCN(C(c2ccccc2)c2nnc(C3NCCCC3c3ccccc3)o2)C(=O)C1=O. The maximum absolute atomic E-state index is 13.3. The first-order chi connectivity index (χ1) is 17.7. The van der Waals surface area contributed by atoms with Gasteiger partial charge < -0.3 is 19.5 Å². The molecule has 8 nitrogen and oxygen atoms in total. The summed E-state index contributed by atoms with van der Waals surface area (Å²) in [5.41, 5.74) is 2.07. The van der Waals surface area contributed by atoms with Gasteiger partial charge in [0, 0.05) is 25.6 Å². The molecule has 2 fully saturated rings. The van der Waals surface area contributed by atoms with E-state index in [1.807, 2.05) is 36.4 Å². The second-order valence-electron chi connectivity index (χ2n) is 9.53. The summed E-state index contributed by atoms with van der Waals surface area (Å²) in [6.07, 6.45) is 3.94. The maximum Gasteiger partial charge on any atom is 0.313 e. The van der Waals surface area contributed by atoms with Crippen molar-refractivity contribution >= 4 is 11.8 Å². The maximum atomic E-state index is 13.3. The lowest BCUT2D eigenvalue weighted by Gasteiger charge is -2.37. The van der Waals surface area contributed by atoms with Crippen LogP contribution < -0.4 is 5.32 Å². The van der Waals surface area contributed by atoms with E-state index in [0.717, 1.165) is 37.8 Å². The minimum absolute atomic E-state index is 0.109. The van der Waals surface area contributed by atoms with E-state index in [0.29, 0.717) is 31.4 Å². The van der Waals surface area contributed by atoms with Gasteiger partial charge >= 0.3 is 11.8 Å². The Kier molecular flexibility index (Phi) is 7.41. The predicted molar refractivity (Wildman–Crippen MR) is 135 cm³/mol. The van der Waals surface area contributed by atoms with Gasteiger partial charge in [-0.3, -0.25) is 9.59 Å². The molecule has 1 N–H and O–H groups in total. The first kappa shape index (κ1) is 24.2. The smallest absolute Gasteiger partial charge is 0.313 e. The zero-order valence-electron chi connectivity index (χ0n) is 20.7. The Bertz CT molecular complexity index is 1170. The number of unbranched alkanes of at least 4 members (excludes halogenated alkanes) is 1. The van der Waals surface area contributed by atoms with Gasteiger partial charge in [0.25, 0.3) is 0 Å². The molecule has 2 amide bonds. The first-order valence-electron chi connectivity index (χ1n) is 12.9. The third-order valence-corrected chi connectivity index (χ3v) is 7.19. The van der Waals surface area contributed by atoms with E-state index in [-0.39, 0.29) is 12.0 Å². The van der Waals surface area contributed by atoms with E-state index in [1.165, 1.54) is 5.56 Å². The highest BCUT2D eigenvalue weighted by Gasteiger charge is 2.40. The Morgan fingerprint density at radius 1 is 1.00 bits per heavy atom. The Balaban J connectivity index is 1.45. The zero-order chi connectivity index (χ0) is 24.9. The summed E-state index contributed by atoms with van der Waals surface area (Å²) in [5.74, 6) is 0.0736. The van der Waals surface area contributed by atoms with Crippen molar-refractivity contribution < 1.29 is 14.0 Å².